The summed E-state index contributed by atoms with van der Waals surface area (Å²) in [5.41, 5.74) is 1.45. The Morgan fingerprint density at radius 3 is 3.06 bits per heavy atom. The Balaban J connectivity index is 2.36. The molecule has 0 fully saturated rings. The largest absolute Gasteiger partial charge is 0.356 e. The summed E-state index contributed by atoms with van der Waals surface area (Å²) in [6.45, 7) is 4.49. The zero-order valence-electron chi connectivity index (χ0n) is 10.7. The first-order valence-electron chi connectivity index (χ1n) is 6.21. The summed E-state index contributed by atoms with van der Waals surface area (Å²) >= 11 is 1.79. The maximum atomic E-state index is 10.7. The Labute approximate surface area is 108 Å². The molecule has 0 atom stereocenters. The van der Waals surface area contributed by atoms with Crippen LogP contribution in [0.1, 0.15) is 43.6 Å². The Morgan fingerprint density at radius 2 is 2.35 bits per heavy atom. The van der Waals surface area contributed by atoms with Gasteiger partial charge in [0.2, 0.25) is 5.91 Å². The van der Waals surface area contributed by atoms with Gasteiger partial charge in [-0.1, -0.05) is 19.4 Å². The molecule has 1 heterocycles. The lowest BCUT2D eigenvalue weighted by atomic mass is 10.1. The van der Waals surface area contributed by atoms with Gasteiger partial charge in [0.15, 0.2) is 0 Å². The molecule has 0 bridgehead atoms. The summed E-state index contributed by atoms with van der Waals surface area (Å²) in [5, 5.41) is 4.94. The van der Waals surface area contributed by atoms with E-state index >= 15 is 0 Å². The quantitative estimate of drug-likeness (QED) is 0.737. The first kappa shape index (κ1) is 14.0. The van der Waals surface area contributed by atoms with Crippen molar-refractivity contribution in [2.45, 2.75) is 39.5 Å². The van der Waals surface area contributed by atoms with Crippen LogP contribution in [0.4, 0.5) is 0 Å². The molecule has 0 aliphatic rings. The van der Waals surface area contributed by atoms with Crippen LogP contribution in [0.3, 0.4) is 0 Å². The van der Waals surface area contributed by atoms with Crippen molar-refractivity contribution >= 4 is 23.3 Å². The van der Waals surface area contributed by atoms with E-state index in [2.05, 4.69) is 35.8 Å². The predicted octanol–water partition coefficient (Wildman–Crippen LogP) is 3.63. The number of unbranched alkanes of at least 4 members (excludes halogenated alkanes) is 1. The van der Waals surface area contributed by atoms with Crippen molar-refractivity contribution < 1.29 is 4.79 Å². The summed E-state index contributed by atoms with van der Waals surface area (Å²) < 4.78 is 0. The van der Waals surface area contributed by atoms with Crippen molar-refractivity contribution in [3.05, 3.63) is 28.0 Å². The molecule has 0 aliphatic heterocycles. The fourth-order valence-electron chi connectivity index (χ4n) is 1.59. The van der Waals surface area contributed by atoms with Crippen molar-refractivity contribution in [1.29, 1.82) is 0 Å². The number of carbonyl (C=O) groups is 1. The topological polar surface area (TPSA) is 29.1 Å². The molecule has 1 aromatic rings. The SMILES string of the molecule is CCCCc1ccsc1C=CCCNC(C)=O. The van der Waals surface area contributed by atoms with Gasteiger partial charge < -0.3 is 5.32 Å². The maximum absolute atomic E-state index is 10.7. The first-order valence-corrected chi connectivity index (χ1v) is 7.09. The van der Waals surface area contributed by atoms with Gasteiger partial charge in [0.25, 0.3) is 0 Å². The van der Waals surface area contributed by atoms with Gasteiger partial charge in [-0.2, -0.15) is 0 Å². The van der Waals surface area contributed by atoms with Crippen LogP contribution in [0.25, 0.3) is 6.08 Å². The molecule has 94 valence electrons. The van der Waals surface area contributed by atoms with Crippen LogP contribution in [0.5, 0.6) is 0 Å². The zero-order valence-corrected chi connectivity index (χ0v) is 11.5. The molecule has 0 aromatic carbocycles. The third kappa shape index (κ3) is 5.68. The molecule has 17 heavy (non-hydrogen) atoms. The second-order valence-corrected chi connectivity index (χ2v) is 5.04. The minimum atomic E-state index is 0.0400. The standard InChI is InChI=1S/C14H21NOS/c1-3-4-7-13-9-11-17-14(13)8-5-6-10-15-12(2)16/h5,8-9,11H,3-4,6-7,10H2,1-2H3,(H,15,16). The molecule has 0 aliphatic carbocycles. The lowest BCUT2D eigenvalue weighted by Crippen LogP contribution is -2.20. The summed E-state index contributed by atoms with van der Waals surface area (Å²) in [6.07, 6.45) is 8.87. The van der Waals surface area contributed by atoms with E-state index in [4.69, 9.17) is 0 Å². The van der Waals surface area contributed by atoms with Gasteiger partial charge >= 0.3 is 0 Å². The minimum Gasteiger partial charge on any atom is -0.356 e. The third-order valence-electron chi connectivity index (χ3n) is 2.53. The van der Waals surface area contributed by atoms with Gasteiger partial charge in [-0.05, 0) is 42.3 Å². The van der Waals surface area contributed by atoms with Crippen LogP contribution in [0.2, 0.25) is 0 Å². The summed E-state index contributed by atoms with van der Waals surface area (Å²) in [6, 6.07) is 2.22. The Bertz CT molecular complexity index is 368. The average molecular weight is 251 g/mol. The Hall–Kier alpha value is -1.09. The number of rotatable bonds is 7. The molecule has 1 rings (SSSR count). The summed E-state index contributed by atoms with van der Waals surface area (Å²) in [5.74, 6) is 0.0400. The highest BCUT2D eigenvalue weighted by Crippen LogP contribution is 2.20. The van der Waals surface area contributed by atoms with Crippen LogP contribution in [0.15, 0.2) is 17.5 Å². The van der Waals surface area contributed by atoms with E-state index in [9.17, 15) is 4.79 Å². The highest BCUT2D eigenvalue weighted by atomic mass is 32.1. The molecular formula is C14H21NOS. The molecule has 0 saturated carbocycles. The van der Waals surface area contributed by atoms with Crippen LogP contribution < -0.4 is 5.32 Å². The molecule has 1 N–H and O–H groups in total. The highest BCUT2D eigenvalue weighted by molar-refractivity contribution is 7.11. The summed E-state index contributed by atoms with van der Waals surface area (Å²) in [4.78, 5) is 12.0. The molecule has 1 aromatic heterocycles. The molecule has 2 nitrogen and oxygen atoms in total. The number of carbonyl (C=O) groups excluding carboxylic acids is 1. The van der Waals surface area contributed by atoms with Crippen LogP contribution in [-0.2, 0) is 11.2 Å². The van der Waals surface area contributed by atoms with E-state index in [0.717, 1.165) is 13.0 Å². The molecule has 0 unspecified atom stereocenters. The van der Waals surface area contributed by atoms with Crippen molar-refractivity contribution in [2.24, 2.45) is 0 Å². The fraction of sp³-hybridized carbons (Fsp3) is 0.500. The lowest BCUT2D eigenvalue weighted by Gasteiger charge is -1.99. The van der Waals surface area contributed by atoms with Crippen LogP contribution >= 0.6 is 11.3 Å². The molecule has 0 radical (unpaired) electrons. The smallest absolute Gasteiger partial charge is 0.216 e. The number of hydrogen-bond acceptors (Lipinski definition) is 2. The van der Waals surface area contributed by atoms with E-state index < -0.39 is 0 Å². The monoisotopic (exact) mass is 251 g/mol. The number of aryl methyl sites for hydroxylation is 1. The van der Waals surface area contributed by atoms with E-state index in [1.54, 1.807) is 18.3 Å². The van der Waals surface area contributed by atoms with E-state index in [1.807, 2.05) is 0 Å². The molecule has 1 amide bonds. The van der Waals surface area contributed by atoms with Gasteiger partial charge in [-0.15, -0.1) is 11.3 Å². The Morgan fingerprint density at radius 1 is 1.53 bits per heavy atom. The number of hydrogen-bond donors (Lipinski definition) is 1. The van der Waals surface area contributed by atoms with Crippen LogP contribution in [-0.4, -0.2) is 12.5 Å². The average Bonchev–Trinajstić information content (AvgIpc) is 2.73. The van der Waals surface area contributed by atoms with Gasteiger partial charge in [0.1, 0.15) is 0 Å². The molecule has 0 saturated heterocycles. The Kier molecular flexibility index (Phi) is 6.63. The second-order valence-electron chi connectivity index (χ2n) is 4.09. The van der Waals surface area contributed by atoms with Gasteiger partial charge in [-0.3, -0.25) is 4.79 Å². The third-order valence-corrected chi connectivity index (χ3v) is 3.46. The number of nitrogens with one attached hydrogen (secondary N) is 1. The predicted molar refractivity (Wildman–Crippen MR) is 75.3 cm³/mol. The van der Waals surface area contributed by atoms with Gasteiger partial charge in [0.05, 0.1) is 0 Å². The van der Waals surface area contributed by atoms with E-state index in [0.29, 0.717) is 0 Å². The zero-order chi connectivity index (χ0) is 12.5. The van der Waals surface area contributed by atoms with Gasteiger partial charge in [-0.25, -0.2) is 0 Å². The normalized spacial score (nSPS) is 10.9. The molecule has 0 spiro atoms. The van der Waals surface area contributed by atoms with E-state index in [-0.39, 0.29) is 5.91 Å². The fourth-order valence-corrected chi connectivity index (χ4v) is 2.46. The maximum Gasteiger partial charge on any atom is 0.216 e. The van der Waals surface area contributed by atoms with Gasteiger partial charge in [0, 0.05) is 18.3 Å². The minimum absolute atomic E-state index is 0.0400. The van der Waals surface area contributed by atoms with Crippen molar-refractivity contribution in [1.82, 2.24) is 5.32 Å². The lowest BCUT2D eigenvalue weighted by molar-refractivity contribution is -0.118. The highest BCUT2D eigenvalue weighted by Gasteiger charge is 1.99. The van der Waals surface area contributed by atoms with Crippen molar-refractivity contribution in [2.75, 3.05) is 6.54 Å². The van der Waals surface area contributed by atoms with E-state index in [1.165, 1.54) is 29.7 Å². The number of amides is 1. The van der Waals surface area contributed by atoms with Crippen molar-refractivity contribution in [3.63, 3.8) is 0 Å². The number of thiophene rings is 1. The first-order chi connectivity index (χ1) is 8.24. The molecule has 3 heteroatoms. The van der Waals surface area contributed by atoms with Crippen molar-refractivity contribution in [3.8, 4) is 0 Å². The second kappa shape index (κ2) is 8.07. The molecular weight excluding hydrogens is 230 g/mol. The summed E-state index contributed by atoms with van der Waals surface area (Å²) in [7, 11) is 0. The van der Waals surface area contributed by atoms with Crippen LogP contribution in [0, 0.1) is 0 Å².